The second-order valence-electron chi connectivity index (χ2n) is 5.31. The summed E-state index contributed by atoms with van der Waals surface area (Å²) in [5.74, 6) is -1.18. The minimum atomic E-state index is -1.07. The van der Waals surface area contributed by atoms with E-state index in [9.17, 15) is 24.5 Å². The van der Waals surface area contributed by atoms with Crippen molar-refractivity contribution in [1.82, 2.24) is 10.2 Å². The van der Waals surface area contributed by atoms with Crippen LogP contribution in [0.15, 0.2) is 29.2 Å². The smallest absolute Gasteiger partial charge is 0.324 e. The molecule has 10 heteroatoms. The fraction of sp³-hybridized carbons (Fsp3) is 0.400. The lowest BCUT2D eigenvalue weighted by atomic mass is 10.3. The van der Waals surface area contributed by atoms with E-state index in [1.165, 1.54) is 31.2 Å². The Morgan fingerprint density at radius 2 is 1.96 bits per heavy atom. The molecule has 3 amide bonds. The van der Waals surface area contributed by atoms with Crippen LogP contribution in [0.5, 0.6) is 0 Å². The predicted octanol–water partition coefficient (Wildman–Crippen LogP) is 1.56. The highest BCUT2D eigenvalue weighted by molar-refractivity contribution is 8.00. The zero-order valence-electron chi connectivity index (χ0n) is 13.6. The van der Waals surface area contributed by atoms with Crippen molar-refractivity contribution in [3.8, 4) is 0 Å². The van der Waals surface area contributed by atoms with Crippen molar-refractivity contribution in [2.45, 2.75) is 30.1 Å². The number of esters is 1. The first-order chi connectivity index (χ1) is 11.8. The Labute approximate surface area is 147 Å². The molecule has 2 rings (SSSR count). The molecule has 0 bridgehead atoms. The zero-order valence-corrected chi connectivity index (χ0v) is 14.4. The Kier molecular flexibility index (Phi) is 5.97. The fourth-order valence-corrected chi connectivity index (χ4v) is 2.97. The Hall–Kier alpha value is -2.62. The van der Waals surface area contributed by atoms with Gasteiger partial charge in [-0.2, -0.15) is 0 Å². The largest absolute Gasteiger partial charge is 0.452 e. The van der Waals surface area contributed by atoms with Gasteiger partial charge in [0, 0.05) is 30.1 Å². The molecule has 1 N–H and O–H groups in total. The Bertz CT molecular complexity index is 693. The summed E-state index contributed by atoms with van der Waals surface area (Å²) in [4.78, 5) is 47.4. The van der Waals surface area contributed by atoms with Crippen molar-refractivity contribution in [2.75, 3.05) is 13.1 Å². The Morgan fingerprint density at radius 1 is 1.32 bits per heavy atom. The van der Waals surface area contributed by atoms with Crippen LogP contribution in [0, 0.1) is 10.1 Å². The number of nitrogens with zero attached hydrogens (tertiary/aromatic N) is 2. The zero-order chi connectivity index (χ0) is 18.6. The van der Waals surface area contributed by atoms with E-state index in [0.717, 1.165) is 16.7 Å². The summed E-state index contributed by atoms with van der Waals surface area (Å²) in [5.41, 5.74) is -0.0392. The molecular formula is C15H17N3O6S. The third-order valence-corrected chi connectivity index (χ3v) is 4.55. The van der Waals surface area contributed by atoms with Crippen LogP contribution in [0.2, 0.25) is 0 Å². The third-order valence-electron chi connectivity index (χ3n) is 3.46. The fourth-order valence-electron chi connectivity index (χ4n) is 2.12. The van der Waals surface area contributed by atoms with E-state index in [2.05, 4.69) is 5.32 Å². The average molecular weight is 367 g/mol. The number of ether oxygens (including phenoxy) is 1. The summed E-state index contributed by atoms with van der Waals surface area (Å²) in [7, 11) is 0. The van der Waals surface area contributed by atoms with Gasteiger partial charge < -0.3 is 10.1 Å². The topological polar surface area (TPSA) is 119 Å². The van der Waals surface area contributed by atoms with Gasteiger partial charge >= 0.3 is 12.0 Å². The quantitative estimate of drug-likeness (QED) is 0.351. The molecule has 0 aliphatic carbocycles. The molecule has 1 aromatic rings. The molecule has 25 heavy (non-hydrogen) atoms. The Balaban J connectivity index is 1.89. The number of hydrogen-bond donors (Lipinski definition) is 1. The van der Waals surface area contributed by atoms with Crippen LogP contribution in [0.1, 0.15) is 13.8 Å². The number of urea groups is 1. The van der Waals surface area contributed by atoms with Gasteiger partial charge in [-0.3, -0.25) is 24.6 Å². The number of benzene rings is 1. The first-order valence-corrected chi connectivity index (χ1v) is 8.38. The van der Waals surface area contributed by atoms with Gasteiger partial charge in [-0.05, 0) is 26.0 Å². The molecular weight excluding hydrogens is 350 g/mol. The summed E-state index contributed by atoms with van der Waals surface area (Å²) in [6, 6.07) is 5.27. The van der Waals surface area contributed by atoms with Crippen molar-refractivity contribution in [3.63, 3.8) is 0 Å². The normalized spacial score (nSPS) is 16.1. The maximum absolute atomic E-state index is 12.1. The van der Waals surface area contributed by atoms with Crippen molar-refractivity contribution in [1.29, 1.82) is 0 Å². The maximum Gasteiger partial charge on any atom is 0.324 e. The molecule has 134 valence electrons. The van der Waals surface area contributed by atoms with Crippen LogP contribution >= 0.6 is 11.8 Å². The van der Waals surface area contributed by atoms with Crippen molar-refractivity contribution < 1.29 is 24.0 Å². The van der Waals surface area contributed by atoms with Gasteiger partial charge in [0.05, 0.1) is 4.92 Å². The number of imide groups is 1. The van der Waals surface area contributed by atoms with Crippen LogP contribution in [0.25, 0.3) is 0 Å². The lowest BCUT2D eigenvalue weighted by Crippen LogP contribution is -2.42. The molecule has 1 heterocycles. The molecule has 1 fully saturated rings. The van der Waals surface area contributed by atoms with Gasteiger partial charge in [0.2, 0.25) is 0 Å². The number of nitro groups is 1. The molecule has 1 aliphatic heterocycles. The number of nitro benzene ring substituents is 1. The highest BCUT2D eigenvalue weighted by Crippen LogP contribution is 2.26. The minimum absolute atomic E-state index is 0.0392. The summed E-state index contributed by atoms with van der Waals surface area (Å²) >= 11 is 1.16. The van der Waals surface area contributed by atoms with E-state index in [0.29, 0.717) is 11.4 Å². The average Bonchev–Trinajstić information content (AvgIpc) is 3.00. The third kappa shape index (κ3) is 4.69. The summed E-state index contributed by atoms with van der Waals surface area (Å²) in [5, 5.41) is 12.5. The number of amides is 3. The summed E-state index contributed by atoms with van der Waals surface area (Å²) in [6.07, 6.45) is -1.07. The molecule has 1 aromatic carbocycles. The Morgan fingerprint density at radius 3 is 2.48 bits per heavy atom. The number of hydrogen-bond acceptors (Lipinski definition) is 7. The number of nitrogens with one attached hydrogen (secondary N) is 1. The molecule has 1 saturated heterocycles. The molecule has 1 aliphatic rings. The molecule has 0 saturated carbocycles. The number of rotatable bonds is 6. The van der Waals surface area contributed by atoms with Crippen LogP contribution in [-0.2, 0) is 14.3 Å². The number of thioether (sulfide) groups is 1. The van der Waals surface area contributed by atoms with Gasteiger partial charge in [-0.15, -0.1) is 11.8 Å². The second kappa shape index (κ2) is 7.97. The van der Waals surface area contributed by atoms with E-state index in [1.807, 2.05) is 0 Å². The maximum atomic E-state index is 12.1. The monoisotopic (exact) mass is 367 g/mol. The molecule has 2 atom stereocenters. The highest BCUT2D eigenvalue weighted by atomic mass is 32.2. The van der Waals surface area contributed by atoms with Crippen molar-refractivity contribution >= 4 is 35.4 Å². The summed E-state index contributed by atoms with van der Waals surface area (Å²) in [6.45, 7) is 3.63. The summed E-state index contributed by atoms with van der Waals surface area (Å²) < 4.78 is 5.13. The number of carbonyl (C=O) groups excluding carboxylic acids is 3. The van der Waals surface area contributed by atoms with Crippen molar-refractivity contribution in [3.05, 3.63) is 34.4 Å². The van der Waals surface area contributed by atoms with E-state index >= 15 is 0 Å². The molecule has 0 unspecified atom stereocenters. The van der Waals surface area contributed by atoms with E-state index in [-0.39, 0.29) is 12.2 Å². The molecule has 0 radical (unpaired) electrons. The van der Waals surface area contributed by atoms with Gasteiger partial charge in [-0.25, -0.2) is 4.79 Å². The second-order valence-corrected chi connectivity index (χ2v) is 6.73. The number of non-ortho nitro benzene ring substituents is 1. The van der Waals surface area contributed by atoms with Gasteiger partial charge in [-0.1, -0.05) is 0 Å². The SMILES string of the molecule is C[C@H](Sc1ccc([N+](=O)[O-])cc1)C(=O)O[C@H](C)C(=O)N1CCNC1=O. The van der Waals surface area contributed by atoms with E-state index in [4.69, 9.17) is 4.74 Å². The van der Waals surface area contributed by atoms with Crippen LogP contribution in [-0.4, -0.2) is 52.2 Å². The molecule has 9 nitrogen and oxygen atoms in total. The van der Waals surface area contributed by atoms with E-state index < -0.39 is 34.2 Å². The van der Waals surface area contributed by atoms with Crippen molar-refractivity contribution in [2.24, 2.45) is 0 Å². The van der Waals surface area contributed by atoms with Gasteiger partial charge in [0.1, 0.15) is 5.25 Å². The lowest BCUT2D eigenvalue weighted by Gasteiger charge is -2.19. The van der Waals surface area contributed by atoms with Crippen LogP contribution in [0.3, 0.4) is 0 Å². The highest BCUT2D eigenvalue weighted by Gasteiger charge is 2.32. The van der Waals surface area contributed by atoms with Crippen LogP contribution in [0.4, 0.5) is 10.5 Å². The standard InChI is InChI=1S/C15H17N3O6S/c1-9(13(19)17-8-7-16-15(17)21)24-14(20)10(2)25-12-5-3-11(4-6-12)18(22)23/h3-6,9-10H,7-8H2,1-2H3,(H,16,21)/t9-,10+/m1/s1. The van der Waals surface area contributed by atoms with Crippen LogP contribution < -0.4 is 5.32 Å². The first kappa shape index (κ1) is 18.7. The minimum Gasteiger partial charge on any atom is -0.452 e. The van der Waals surface area contributed by atoms with Gasteiger partial charge in [0.25, 0.3) is 11.6 Å². The first-order valence-electron chi connectivity index (χ1n) is 7.50. The molecule has 0 aromatic heterocycles. The van der Waals surface area contributed by atoms with Gasteiger partial charge in [0.15, 0.2) is 6.10 Å². The lowest BCUT2D eigenvalue weighted by molar-refractivity contribution is -0.384. The predicted molar refractivity (Wildman–Crippen MR) is 89.1 cm³/mol. The van der Waals surface area contributed by atoms with E-state index in [1.54, 1.807) is 6.92 Å². The number of carbonyl (C=O) groups is 3. The molecule has 0 spiro atoms.